The van der Waals surface area contributed by atoms with Crippen molar-refractivity contribution < 1.29 is 14.7 Å². The van der Waals surface area contributed by atoms with E-state index in [0.717, 1.165) is 16.8 Å². The summed E-state index contributed by atoms with van der Waals surface area (Å²) in [7, 11) is 0. The third-order valence-corrected chi connectivity index (χ3v) is 5.65. The van der Waals surface area contributed by atoms with Crippen LogP contribution >= 0.6 is 24.0 Å². The van der Waals surface area contributed by atoms with Crippen LogP contribution in [-0.2, 0) is 9.59 Å². The van der Waals surface area contributed by atoms with Gasteiger partial charge in [-0.15, -0.1) is 0 Å². The fourth-order valence-electron chi connectivity index (χ4n) is 2.74. The van der Waals surface area contributed by atoms with E-state index in [4.69, 9.17) is 12.2 Å². The number of carbonyl (C=O) groups is 2. The van der Waals surface area contributed by atoms with Crippen LogP contribution < -0.4 is 5.32 Å². The second-order valence-corrected chi connectivity index (χ2v) is 8.07. The van der Waals surface area contributed by atoms with Crippen LogP contribution in [0.3, 0.4) is 0 Å². The molecule has 0 spiro atoms. The van der Waals surface area contributed by atoms with E-state index in [1.54, 1.807) is 30.3 Å². The molecule has 3 rings (SSSR count). The minimum Gasteiger partial charge on any atom is -0.508 e. The van der Waals surface area contributed by atoms with Crippen molar-refractivity contribution in [1.82, 2.24) is 4.90 Å². The first-order valence-electron chi connectivity index (χ1n) is 8.84. The normalized spacial score (nSPS) is 15.3. The van der Waals surface area contributed by atoms with Gasteiger partial charge in [-0.1, -0.05) is 54.3 Å². The van der Waals surface area contributed by atoms with Crippen molar-refractivity contribution >= 4 is 51.9 Å². The molecular weight excluding hydrogens is 392 g/mol. The lowest BCUT2D eigenvalue weighted by Gasteiger charge is -2.14. The summed E-state index contributed by atoms with van der Waals surface area (Å²) < 4.78 is 0.495. The fraction of sp³-hybridized carbons (Fsp3) is 0.190. The lowest BCUT2D eigenvalue weighted by Crippen LogP contribution is -2.29. The monoisotopic (exact) mass is 412 g/mol. The van der Waals surface area contributed by atoms with Gasteiger partial charge in [0.1, 0.15) is 10.1 Å². The van der Waals surface area contributed by atoms with Gasteiger partial charge in [0, 0.05) is 18.7 Å². The van der Waals surface area contributed by atoms with Gasteiger partial charge in [0.2, 0.25) is 5.91 Å². The lowest BCUT2D eigenvalue weighted by atomic mass is 10.2. The maximum Gasteiger partial charge on any atom is 0.266 e. The molecule has 2 amide bonds. The number of carbonyl (C=O) groups excluding carboxylic acids is 2. The third kappa shape index (κ3) is 4.99. The van der Waals surface area contributed by atoms with E-state index in [9.17, 15) is 14.7 Å². The van der Waals surface area contributed by atoms with Gasteiger partial charge >= 0.3 is 0 Å². The van der Waals surface area contributed by atoms with Gasteiger partial charge in [0.25, 0.3) is 5.91 Å². The molecule has 0 aromatic heterocycles. The van der Waals surface area contributed by atoms with Crippen LogP contribution in [-0.4, -0.2) is 32.7 Å². The van der Waals surface area contributed by atoms with E-state index in [-0.39, 0.29) is 17.6 Å². The van der Waals surface area contributed by atoms with E-state index in [1.165, 1.54) is 16.7 Å². The van der Waals surface area contributed by atoms with Gasteiger partial charge in [0.15, 0.2) is 0 Å². The number of thiocarbonyl (C=S) groups is 1. The van der Waals surface area contributed by atoms with Crippen molar-refractivity contribution in [1.29, 1.82) is 0 Å². The van der Waals surface area contributed by atoms with Crippen LogP contribution in [0.15, 0.2) is 53.4 Å². The largest absolute Gasteiger partial charge is 0.508 e. The summed E-state index contributed by atoms with van der Waals surface area (Å²) >= 11 is 6.57. The predicted octanol–water partition coefficient (Wildman–Crippen LogP) is 4.32. The Morgan fingerprint density at radius 3 is 2.64 bits per heavy atom. The molecule has 28 heavy (non-hydrogen) atoms. The number of nitrogens with zero attached hydrogens (tertiary/aromatic N) is 1. The molecule has 0 unspecified atom stereocenters. The number of phenols is 1. The Morgan fingerprint density at radius 2 is 1.93 bits per heavy atom. The Kier molecular flexibility index (Phi) is 6.49. The van der Waals surface area contributed by atoms with Crippen LogP contribution in [0.25, 0.3) is 6.08 Å². The van der Waals surface area contributed by atoms with Crippen molar-refractivity contribution in [2.75, 3.05) is 11.9 Å². The average Bonchev–Trinajstić information content (AvgIpc) is 2.93. The number of para-hydroxylation sites is 1. The van der Waals surface area contributed by atoms with E-state index >= 15 is 0 Å². The fourth-order valence-corrected chi connectivity index (χ4v) is 4.05. The number of hydrogen-bond acceptors (Lipinski definition) is 5. The van der Waals surface area contributed by atoms with Crippen LogP contribution in [0.1, 0.15) is 24.0 Å². The number of hydrogen-bond donors (Lipinski definition) is 2. The van der Waals surface area contributed by atoms with Crippen molar-refractivity contribution in [2.24, 2.45) is 0 Å². The zero-order valence-electron chi connectivity index (χ0n) is 15.3. The summed E-state index contributed by atoms with van der Waals surface area (Å²) in [5.74, 6) is -0.0598. The van der Waals surface area contributed by atoms with Crippen molar-refractivity contribution in [3.05, 3.63) is 64.6 Å². The van der Waals surface area contributed by atoms with Crippen LogP contribution in [0, 0.1) is 6.92 Å². The van der Waals surface area contributed by atoms with E-state index < -0.39 is 0 Å². The highest BCUT2D eigenvalue weighted by atomic mass is 32.2. The Bertz CT molecular complexity index is 939. The number of thioether (sulfide) groups is 1. The van der Waals surface area contributed by atoms with E-state index in [1.807, 2.05) is 31.2 Å². The summed E-state index contributed by atoms with van der Waals surface area (Å²) in [5.41, 5.74) is 2.62. The average molecular weight is 413 g/mol. The van der Waals surface area contributed by atoms with Crippen molar-refractivity contribution in [3.63, 3.8) is 0 Å². The number of rotatable bonds is 6. The minimum absolute atomic E-state index is 0.0839. The molecule has 144 valence electrons. The summed E-state index contributed by atoms with van der Waals surface area (Å²) in [5, 5.41) is 12.2. The number of aromatic hydroxyl groups is 1. The second kappa shape index (κ2) is 9.03. The van der Waals surface area contributed by atoms with E-state index in [2.05, 4.69) is 5.32 Å². The maximum absolute atomic E-state index is 12.6. The molecule has 2 N–H and O–H groups in total. The summed E-state index contributed by atoms with van der Waals surface area (Å²) in [6, 6.07) is 14.2. The summed E-state index contributed by atoms with van der Waals surface area (Å²) in [4.78, 5) is 26.8. The van der Waals surface area contributed by atoms with Gasteiger partial charge in [-0.05, 0) is 48.7 Å². The third-order valence-electron chi connectivity index (χ3n) is 4.27. The van der Waals surface area contributed by atoms with Gasteiger partial charge in [0.05, 0.1) is 4.91 Å². The zero-order chi connectivity index (χ0) is 20.1. The Balaban J connectivity index is 1.54. The molecular formula is C21H20N2O3S2. The molecule has 2 aromatic rings. The molecule has 0 bridgehead atoms. The molecule has 1 aliphatic heterocycles. The molecule has 1 fully saturated rings. The molecule has 2 aromatic carbocycles. The summed E-state index contributed by atoms with van der Waals surface area (Å²) in [6.45, 7) is 2.34. The molecule has 1 heterocycles. The highest BCUT2D eigenvalue weighted by Gasteiger charge is 2.31. The van der Waals surface area contributed by atoms with Gasteiger partial charge < -0.3 is 10.4 Å². The van der Waals surface area contributed by atoms with Gasteiger partial charge in [-0.3, -0.25) is 14.5 Å². The molecule has 0 aliphatic carbocycles. The predicted molar refractivity (Wildman–Crippen MR) is 117 cm³/mol. The van der Waals surface area contributed by atoms with E-state index in [0.29, 0.717) is 28.6 Å². The smallest absolute Gasteiger partial charge is 0.266 e. The van der Waals surface area contributed by atoms with Crippen LogP contribution in [0.4, 0.5) is 5.69 Å². The van der Waals surface area contributed by atoms with Crippen molar-refractivity contribution in [3.8, 4) is 5.75 Å². The Morgan fingerprint density at radius 1 is 1.21 bits per heavy atom. The number of benzene rings is 2. The Hall–Kier alpha value is -2.64. The molecule has 0 atom stereocenters. The number of phenolic OH excluding ortho intramolecular Hbond substituents is 1. The summed E-state index contributed by atoms with van der Waals surface area (Å²) in [6.07, 6.45) is 2.59. The zero-order valence-corrected chi connectivity index (χ0v) is 17.0. The molecule has 7 heteroatoms. The van der Waals surface area contributed by atoms with Crippen LogP contribution in [0.2, 0.25) is 0 Å². The standard InChI is InChI=1S/C21H20N2O3S2/c1-14-5-2-3-6-17(14)22-19(25)7-4-12-23-20(26)18(28-21(23)27)13-15-8-10-16(24)11-9-15/h2-3,5-6,8-11,13,24H,4,7,12H2,1H3,(H,22,25)/b18-13-. The lowest BCUT2D eigenvalue weighted by molar-refractivity contribution is -0.122. The Labute approximate surface area is 173 Å². The topological polar surface area (TPSA) is 69.6 Å². The molecule has 0 saturated carbocycles. The SMILES string of the molecule is Cc1ccccc1NC(=O)CCCN1C(=O)/C(=C/c2ccc(O)cc2)SC1=S. The number of anilines is 1. The highest BCUT2D eigenvalue weighted by Crippen LogP contribution is 2.32. The highest BCUT2D eigenvalue weighted by molar-refractivity contribution is 8.26. The molecule has 5 nitrogen and oxygen atoms in total. The second-order valence-electron chi connectivity index (χ2n) is 6.39. The first kappa shape index (κ1) is 20.1. The van der Waals surface area contributed by atoms with Crippen LogP contribution in [0.5, 0.6) is 5.75 Å². The first-order valence-corrected chi connectivity index (χ1v) is 10.1. The van der Waals surface area contributed by atoms with Crippen molar-refractivity contribution in [2.45, 2.75) is 19.8 Å². The quantitative estimate of drug-likeness (QED) is 0.546. The molecule has 1 saturated heterocycles. The molecule has 1 aliphatic rings. The number of nitrogens with one attached hydrogen (secondary N) is 1. The number of amides is 2. The maximum atomic E-state index is 12.6. The van der Waals surface area contributed by atoms with Gasteiger partial charge in [-0.2, -0.15) is 0 Å². The van der Waals surface area contributed by atoms with Gasteiger partial charge in [-0.25, -0.2) is 0 Å². The molecule has 0 radical (unpaired) electrons. The first-order chi connectivity index (χ1) is 13.4. The minimum atomic E-state index is -0.151. The number of aryl methyl sites for hydroxylation is 1.